The lowest BCUT2D eigenvalue weighted by molar-refractivity contribution is 0.101. The Bertz CT molecular complexity index is 982. The Balaban J connectivity index is 1.77. The van der Waals surface area contributed by atoms with Gasteiger partial charge in [-0.05, 0) is 38.1 Å². The van der Waals surface area contributed by atoms with Crippen LogP contribution >= 0.6 is 0 Å². The van der Waals surface area contributed by atoms with Crippen LogP contribution in [0, 0.1) is 0 Å². The molecule has 0 aliphatic carbocycles. The van der Waals surface area contributed by atoms with Crippen molar-refractivity contribution in [1.82, 2.24) is 0 Å². The normalized spacial score (nSPS) is 10.3. The number of carbonyl (C=O) groups excluding carboxylic acids is 2. The van der Waals surface area contributed by atoms with Gasteiger partial charge < -0.3 is 14.8 Å². The third kappa shape index (κ3) is 5.02. The van der Waals surface area contributed by atoms with Crippen LogP contribution in [0.2, 0.25) is 0 Å². The van der Waals surface area contributed by atoms with Gasteiger partial charge in [-0.15, -0.1) is 0 Å². The minimum Gasteiger partial charge on any atom is -0.494 e. The molecule has 3 rings (SSSR count). The molecule has 0 aliphatic heterocycles. The molecule has 0 saturated carbocycles. The van der Waals surface area contributed by atoms with Crippen LogP contribution in [0.15, 0.2) is 72.8 Å². The number of ketones is 1. The van der Waals surface area contributed by atoms with Gasteiger partial charge in [0.1, 0.15) is 11.5 Å². The predicted molar refractivity (Wildman–Crippen MR) is 113 cm³/mol. The Morgan fingerprint density at radius 2 is 1.38 bits per heavy atom. The van der Waals surface area contributed by atoms with Gasteiger partial charge in [0.25, 0.3) is 5.91 Å². The second-order valence-electron chi connectivity index (χ2n) is 6.25. The molecule has 0 heterocycles. The molecule has 0 fully saturated rings. The molecule has 0 saturated heterocycles. The fourth-order valence-corrected chi connectivity index (χ4v) is 2.87. The van der Waals surface area contributed by atoms with E-state index in [1.807, 2.05) is 32.0 Å². The summed E-state index contributed by atoms with van der Waals surface area (Å²) in [5.41, 5.74) is 2.12. The zero-order chi connectivity index (χ0) is 20.6. The van der Waals surface area contributed by atoms with Crippen molar-refractivity contribution in [1.29, 1.82) is 0 Å². The molecule has 3 aromatic rings. The minimum absolute atomic E-state index is 0.0828. The second-order valence-corrected chi connectivity index (χ2v) is 6.25. The first-order valence-electron chi connectivity index (χ1n) is 9.53. The number of hydrogen-bond donors (Lipinski definition) is 1. The maximum absolute atomic E-state index is 12.7. The highest BCUT2D eigenvalue weighted by Gasteiger charge is 2.13. The molecule has 0 aromatic heterocycles. The molecule has 29 heavy (non-hydrogen) atoms. The third-order valence-electron chi connectivity index (χ3n) is 4.26. The van der Waals surface area contributed by atoms with E-state index in [1.54, 1.807) is 54.6 Å². The lowest BCUT2D eigenvalue weighted by Crippen LogP contribution is -2.13. The van der Waals surface area contributed by atoms with Gasteiger partial charge in [-0.3, -0.25) is 9.59 Å². The smallest absolute Gasteiger partial charge is 0.255 e. The summed E-state index contributed by atoms with van der Waals surface area (Å²) in [4.78, 5) is 25.2. The van der Waals surface area contributed by atoms with Gasteiger partial charge in [-0.25, -0.2) is 0 Å². The lowest BCUT2D eigenvalue weighted by atomic mass is 10.0. The Labute approximate surface area is 170 Å². The average Bonchev–Trinajstić information content (AvgIpc) is 2.76. The van der Waals surface area contributed by atoms with Crippen LogP contribution in [0.1, 0.15) is 40.1 Å². The van der Waals surface area contributed by atoms with Gasteiger partial charge in [0.15, 0.2) is 5.78 Å². The highest BCUT2D eigenvalue weighted by Crippen LogP contribution is 2.30. The van der Waals surface area contributed by atoms with Crippen LogP contribution in [0.4, 0.5) is 5.69 Å². The molecule has 148 valence electrons. The Kier molecular flexibility index (Phi) is 6.63. The molecule has 0 unspecified atom stereocenters. The minimum atomic E-state index is -0.293. The molecule has 1 amide bonds. The van der Waals surface area contributed by atoms with E-state index in [9.17, 15) is 9.59 Å². The van der Waals surface area contributed by atoms with E-state index < -0.39 is 0 Å². The molecule has 5 heteroatoms. The lowest BCUT2D eigenvalue weighted by Gasteiger charge is -2.13. The van der Waals surface area contributed by atoms with E-state index in [2.05, 4.69) is 5.32 Å². The highest BCUT2D eigenvalue weighted by atomic mass is 16.5. The molecular weight excluding hydrogens is 366 g/mol. The molecule has 1 N–H and O–H groups in total. The summed E-state index contributed by atoms with van der Waals surface area (Å²) in [6, 6.07) is 20.9. The first kappa shape index (κ1) is 20.1. The summed E-state index contributed by atoms with van der Waals surface area (Å²) in [7, 11) is 0. The zero-order valence-corrected chi connectivity index (χ0v) is 16.5. The van der Waals surface area contributed by atoms with Crippen LogP contribution in [0.25, 0.3) is 0 Å². The molecule has 0 bridgehead atoms. The van der Waals surface area contributed by atoms with Crippen molar-refractivity contribution in [3.05, 3.63) is 89.5 Å². The van der Waals surface area contributed by atoms with Gasteiger partial charge in [0.05, 0.1) is 18.9 Å². The van der Waals surface area contributed by atoms with Crippen molar-refractivity contribution < 1.29 is 19.1 Å². The summed E-state index contributed by atoms with van der Waals surface area (Å²) in [6.45, 7) is 4.78. The number of nitrogens with one attached hydrogen (secondary N) is 1. The molecular formula is C24H23NO4. The van der Waals surface area contributed by atoms with Crippen molar-refractivity contribution in [2.24, 2.45) is 0 Å². The summed E-state index contributed by atoms with van der Waals surface area (Å²) >= 11 is 0. The number of hydrogen-bond acceptors (Lipinski definition) is 4. The Morgan fingerprint density at radius 1 is 0.759 bits per heavy atom. The van der Waals surface area contributed by atoms with Crippen molar-refractivity contribution >= 4 is 17.4 Å². The monoisotopic (exact) mass is 389 g/mol. The number of ether oxygens (including phenoxy) is 2. The van der Waals surface area contributed by atoms with Crippen LogP contribution in [0.3, 0.4) is 0 Å². The number of carbonyl (C=O) groups is 2. The van der Waals surface area contributed by atoms with Crippen LogP contribution in [-0.2, 0) is 0 Å². The second kappa shape index (κ2) is 9.55. The quantitative estimate of drug-likeness (QED) is 0.553. The fraction of sp³-hybridized carbons (Fsp3) is 0.167. The van der Waals surface area contributed by atoms with Crippen LogP contribution in [-0.4, -0.2) is 24.9 Å². The van der Waals surface area contributed by atoms with Crippen molar-refractivity contribution in [2.45, 2.75) is 13.8 Å². The van der Waals surface area contributed by atoms with Gasteiger partial charge >= 0.3 is 0 Å². The molecule has 0 atom stereocenters. The topological polar surface area (TPSA) is 64.6 Å². The van der Waals surface area contributed by atoms with Gasteiger partial charge in [-0.1, -0.05) is 42.5 Å². The molecule has 3 aromatic carbocycles. The fourth-order valence-electron chi connectivity index (χ4n) is 2.87. The number of anilines is 1. The number of rotatable bonds is 8. The predicted octanol–water partition coefficient (Wildman–Crippen LogP) is 4.97. The van der Waals surface area contributed by atoms with Gasteiger partial charge in [0, 0.05) is 22.8 Å². The van der Waals surface area contributed by atoms with Crippen LogP contribution < -0.4 is 14.8 Å². The van der Waals surface area contributed by atoms with Crippen molar-refractivity contribution in [3.8, 4) is 11.5 Å². The van der Waals surface area contributed by atoms with E-state index in [0.29, 0.717) is 47.1 Å². The van der Waals surface area contributed by atoms with Crippen molar-refractivity contribution in [3.63, 3.8) is 0 Å². The molecule has 0 radical (unpaired) electrons. The van der Waals surface area contributed by atoms with E-state index >= 15 is 0 Å². The zero-order valence-electron chi connectivity index (χ0n) is 16.5. The highest BCUT2D eigenvalue weighted by molar-refractivity contribution is 6.10. The number of amides is 1. The van der Waals surface area contributed by atoms with E-state index in [4.69, 9.17) is 9.47 Å². The summed E-state index contributed by atoms with van der Waals surface area (Å²) in [6.07, 6.45) is 0. The first-order valence-corrected chi connectivity index (χ1v) is 9.53. The maximum Gasteiger partial charge on any atom is 0.255 e. The van der Waals surface area contributed by atoms with Gasteiger partial charge in [-0.2, -0.15) is 0 Å². The van der Waals surface area contributed by atoms with E-state index in [0.717, 1.165) is 0 Å². The molecule has 5 nitrogen and oxygen atoms in total. The first-order chi connectivity index (χ1) is 14.1. The van der Waals surface area contributed by atoms with Crippen LogP contribution in [0.5, 0.6) is 11.5 Å². The summed E-state index contributed by atoms with van der Waals surface area (Å²) in [5, 5.41) is 2.86. The molecule has 0 spiro atoms. The average molecular weight is 389 g/mol. The van der Waals surface area contributed by atoms with E-state index in [1.165, 1.54) is 0 Å². The van der Waals surface area contributed by atoms with Crippen molar-refractivity contribution in [2.75, 3.05) is 18.5 Å². The summed E-state index contributed by atoms with van der Waals surface area (Å²) < 4.78 is 11.1. The number of benzene rings is 3. The SMILES string of the molecule is CCOc1ccc(OCC)c(NC(=O)c2ccc(C(=O)c3ccccc3)cc2)c1. The van der Waals surface area contributed by atoms with E-state index in [-0.39, 0.29) is 11.7 Å². The van der Waals surface area contributed by atoms with Gasteiger partial charge in [0.2, 0.25) is 0 Å². The maximum atomic E-state index is 12.7. The largest absolute Gasteiger partial charge is 0.494 e. The molecule has 0 aliphatic rings. The Morgan fingerprint density at radius 3 is 2.03 bits per heavy atom. The summed E-state index contributed by atoms with van der Waals surface area (Å²) in [5.74, 6) is 0.842. The standard InChI is InChI=1S/C24H23NO4/c1-3-28-20-14-15-22(29-4-2)21(16-20)25-24(27)19-12-10-18(11-13-19)23(26)17-8-6-5-7-9-17/h5-16H,3-4H2,1-2H3,(H,25,27). The third-order valence-corrected chi connectivity index (χ3v) is 4.26. The Hall–Kier alpha value is -3.60.